The average molecular weight is 203 g/mol. The van der Waals surface area contributed by atoms with Crippen LogP contribution in [0.15, 0.2) is 39.8 Å². The zero-order valence-electron chi connectivity index (χ0n) is 8.40. The van der Waals surface area contributed by atoms with Crippen molar-refractivity contribution in [3.05, 3.63) is 36.7 Å². The Hall–Kier alpha value is -1.48. The third-order valence-electron chi connectivity index (χ3n) is 2.71. The Balaban J connectivity index is 1.79. The fraction of sp³-hybridized carbons (Fsp3) is 0.333. The zero-order valence-corrected chi connectivity index (χ0v) is 8.40. The normalized spacial score (nSPS) is 15.7. The van der Waals surface area contributed by atoms with E-state index in [9.17, 15) is 0 Å². The highest BCUT2D eigenvalue weighted by atomic mass is 16.3. The molecular weight excluding hydrogens is 190 g/mol. The second-order valence-corrected chi connectivity index (χ2v) is 3.92. The Morgan fingerprint density at radius 1 is 1.27 bits per heavy atom. The summed E-state index contributed by atoms with van der Waals surface area (Å²) in [6.07, 6.45) is 7.74. The van der Waals surface area contributed by atoms with Gasteiger partial charge in [-0.15, -0.1) is 0 Å². The molecule has 0 unspecified atom stereocenters. The third kappa shape index (κ3) is 1.83. The van der Waals surface area contributed by atoms with Gasteiger partial charge < -0.3 is 14.2 Å². The second-order valence-electron chi connectivity index (χ2n) is 3.92. The van der Waals surface area contributed by atoms with E-state index in [-0.39, 0.29) is 0 Å². The predicted octanol–water partition coefficient (Wildman–Crippen LogP) is 2.79. The summed E-state index contributed by atoms with van der Waals surface area (Å²) in [5, 5.41) is 3.44. The van der Waals surface area contributed by atoms with Crippen LogP contribution in [0.25, 0.3) is 11.1 Å². The molecule has 1 N–H and O–H groups in total. The first-order chi connectivity index (χ1) is 7.43. The molecule has 0 aliphatic heterocycles. The molecule has 1 aliphatic rings. The van der Waals surface area contributed by atoms with E-state index in [1.807, 2.05) is 12.1 Å². The molecule has 0 saturated heterocycles. The van der Waals surface area contributed by atoms with E-state index in [1.165, 1.54) is 12.8 Å². The summed E-state index contributed by atoms with van der Waals surface area (Å²) in [5.41, 5.74) is 2.20. The summed E-state index contributed by atoms with van der Waals surface area (Å²) in [7, 11) is 0. The van der Waals surface area contributed by atoms with E-state index in [0.717, 1.165) is 23.4 Å². The zero-order chi connectivity index (χ0) is 10.1. The van der Waals surface area contributed by atoms with Crippen molar-refractivity contribution in [3.8, 4) is 11.1 Å². The van der Waals surface area contributed by atoms with Gasteiger partial charge in [-0.3, -0.25) is 0 Å². The van der Waals surface area contributed by atoms with Gasteiger partial charge in [-0.1, -0.05) is 0 Å². The van der Waals surface area contributed by atoms with Gasteiger partial charge in [0, 0.05) is 17.2 Å². The number of rotatable bonds is 4. The lowest BCUT2D eigenvalue weighted by molar-refractivity contribution is 0.483. The lowest BCUT2D eigenvalue weighted by Crippen LogP contribution is -2.15. The minimum Gasteiger partial charge on any atom is -0.472 e. The van der Waals surface area contributed by atoms with Crippen LogP contribution in [0.5, 0.6) is 0 Å². The summed E-state index contributed by atoms with van der Waals surface area (Å²) in [6, 6.07) is 4.63. The van der Waals surface area contributed by atoms with Crippen LogP contribution in [-0.2, 0) is 6.54 Å². The van der Waals surface area contributed by atoms with Gasteiger partial charge in [0.2, 0.25) is 0 Å². The van der Waals surface area contributed by atoms with Crippen LogP contribution >= 0.6 is 0 Å². The second kappa shape index (κ2) is 3.59. The Kier molecular flexibility index (Phi) is 2.10. The maximum atomic E-state index is 5.46. The number of furan rings is 2. The highest BCUT2D eigenvalue weighted by molar-refractivity contribution is 5.63. The molecule has 1 saturated carbocycles. The van der Waals surface area contributed by atoms with Gasteiger partial charge in [0.05, 0.1) is 25.3 Å². The molecule has 0 atom stereocenters. The molecule has 0 spiro atoms. The van der Waals surface area contributed by atoms with Crippen molar-refractivity contribution >= 4 is 0 Å². The van der Waals surface area contributed by atoms with E-state index in [2.05, 4.69) is 5.32 Å². The first-order valence-corrected chi connectivity index (χ1v) is 5.26. The van der Waals surface area contributed by atoms with Gasteiger partial charge in [0.25, 0.3) is 0 Å². The van der Waals surface area contributed by atoms with Crippen LogP contribution in [0.3, 0.4) is 0 Å². The molecule has 2 aromatic rings. The molecule has 1 aliphatic carbocycles. The van der Waals surface area contributed by atoms with Gasteiger partial charge >= 0.3 is 0 Å². The molecule has 1 fully saturated rings. The Labute approximate surface area is 88.1 Å². The molecule has 0 amide bonds. The SMILES string of the molecule is c1cc(-c2ccoc2CNC2CC2)co1. The molecule has 0 bridgehead atoms. The summed E-state index contributed by atoms with van der Waals surface area (Å²) in [5.74, 6) is 0.989. The minimum absolute atomic E-state index is 0.701. The van der Waals surface area contributed by atoms with Crippen LogP contribution in [0.1, 0.15) is 18.6 Å². The number of hydrogen-bond acceptors (Lipinski definition) is 3. The van der Waals surface area contributed by atoms with E-state index in [1.54, 1.807) is 18.8 Å². The lowest BCUT2D eigenvalue weighted by Gasteiger charge is -2.01. The van der Waals surface area contributed by atoms with Crippen molar-refractivity contribution in [2.45, 2.75) is 25.4 Å². The molecule has 2 heterocycles. The summed E-state index contributed by atoms with van der Waals surface area (Å²) >= 11 is 0. The Bertz CT molecular complexity index is 426. The maximum absolute atomic E-state index is 5.46. The van der Waals surface area contributed by atoms with Crippen molar-refractivity contribution in [1.29, 1.82) is 0 Å². The highest BCUT2D eigenvalue weighted by Crippen LogP contribution is 2.26. The van der Waals surface area contributed by atoms with Crippen LogP contribution in [0.2, 0.25) is 0 Å². The van der Waals surface area contributed by atoms with Crippen LogP contribution in [-0.4, -0.2) is 6.04 Å². The van der Waals surface area contributed by atoms with Gasteiger partial charge in [-0.2, -0.15) is 0 Å². The average Bonchev–Trinajstić information content (AvgIpc) is 2.79. The van der Waals surface area contributed by atoms with Crippen molar-refractivity contribution in [1.82, 2.24) is 5.32 Å². The molecule has 2 aromatic heterocycles. The highest BCUT2D eigenvalue weighted by Gasteiger charge is 2.21. The lowest BCUT2D eigenvalue weighted by atomic mass is 10.1. The summed E-state index contributed by atoms with van der Waals surface area (Å²) in [4.78, 5) is 0. The molecule has 78 valence electrons. The molecule has 0 radical (unpaired) electrons. The van der Waals surface area contributed by atoms with Crippen molar-refractivity contribution < 1.29 is 8.83 Å². The van der Waals surface area contributed by atoms with Crippen molar-refractivity contribution in [2.75, 3.05) is 0 Å². The van der Waals surface area contributed by atoms with Gasteiger partial charge in [-0.25, -0.2) is 0 Å². The monoisotopic (exact) mass is 203 g/mol. The Morgan fingerprint density at radius 3 is 2.93 bits per heavy atom. The predicted molar refractivity (Wildman–Crippen MR) is 56.3 cm³/mol. The quantitative estimate of drug-likeness (QED) is 0.830. The molecule has 3 nitrogen and oxygen atoms in total. The van der Waals surface area contributed by atoms with Crippen LogP contribution < -0.4 is 5.32 Å². The standard InChI is InChI=1S/C12H13NO2/c1-2-10(1)13-7-12-11(4-6-15-12)9-3-5-14-8-9/h3-6,8,10,13H,1-2,7H2. The summed E-state index contributed by atoms with van der Waals surface area (Å²) < 4.78 is 10.5. The molecule has 3 rings (SSSR count). The van der Waals surface area contributed by atoms with Crippen LogP contribution in [0.4, 0.5) is 0 Å². The van der Waals surface area contributed by atoms with Gasteiger partial charge in [0.15, 0.2) is 0 Å². The largest absolute Gasteiger partial charge is 0.472 e. The molecule has 0 aromatic carbocycles. The van der Waals surface area contributed by atoms with E-state index in [0.29, 0.717) is 6.04 Å². The topological polar surface area (TPSA) is 38.3 Å². The minimum atomic E-state index is 0.701. The Morgan fingerprint density at radius 2 is 2.20 bits per heavy atom. The van der Waals surface area contributed by atoms with E-state index < -0.39 is 0 Å². The molecule has 3 heteroatoms. The van der Waals surface area contributed by atoms with Crippen LogP contribution in [0, 0.1) is 0 Å². The maximum Gasteiger partial charge on any atom is 0.125 e. The fourth-order valence-electron chi connectivity index (χ4n) is 1.68. The van der Waals surface area contributed by atoms with E-state index >= 15 is 0 Å². The first-order valence-electron chi connectivity index (χ1n) is 5.26. The van der Waals surface area contributed by atoms with Gasteiger partial charge in [-0.05, 0) is 25.0 Å². The number of hydrogen-bond donors (Lipinski definition) is 1. The number of nitrogens with one attached hydrogen (secondary N) is 1. The summed E-state index contributed by atoms with van der Waals surface area (Å²) in [6.45, 7) is 0.804. The molecule has 15 heavy (non-hydrogen) atoms. The van der Waals surface area contributed by atoms with Crippen molar-refractivity contribution in [3.63, 3.8) is 0 Å². The van der Waals surface area contributed by atoms with Crippen molar-refractivity contribution in [2.24, 2.45) is 0 Å². The third-order valence-corrected chi connectivity index (χ3v) is 2.71. The fourth-order valence-corrected chi connectivity index (χ4v) is 1.68. The first kappa shape index (κ1) is 8.80. The van der Waals surface area contributed by atoms with E-state index in [4.69, 9.17) is 8.83 Å². The van der Waals surface area contributed by atoms with Gasteiger partial charge in [0.1, 0.15) is 5.76 Å². The molecular formula is C12H13NO2. The smallest absolute Gasteiger partial charge is 0.125 e.